The van der Waals surface area contributed by atoms with Gasteiger partial charge in [-0.2, -0.15) is 5.26 Å². The maximum atomic E-state index is 9.94. The van der Waals surface area contributed by atoms with E-state index >= 15 is 0 Å². The zero-order valence-electron chi connectivity index (χ0n) is 22.4. The molecular formula is C33H31N5. The summed E-state index contributed by atoms with van der Waals surface area (Å²) in [6, 6.07) is 25.5. The van der Waals surface area contributed by atoms with E-state index < -0.39 is 0 Å². The fourth-order valence-corrected chi connectivity index (χ4v) is 5.89. The number of hydrogen-bond acceptors (Lipinski definition) is 4. The first-order valence-corrected chi connectivity index (χ1v) is 13.3. The molecule has 1 aliphatic rings. The largest absolute Gasteiger partial charge is 0.309 e. The lowest BCUT2D eigenvalue weighted by Crippen LogP contribution is -2.14. The summed E-state index contributed by atoms with van der Waals surface area (Å²) in [6.07, 6.45) is 2.75. The van der Waals surface area contributed by atoms with Gasteiger partial charge in [0.25, 0.3) is 0 Å². The van der Waals surface area contributed by atoms with Gasteiger partial charge in [-0.15, -0.1) is 0 Å². The molecule has 1 aliphatic heterocycles. The molecule has 0 radical (unpaired) electrons. The van der Waals surface area contributed by atoms with Crippen LogP contribution in [0.25, 0.3) is 11.2 Å². The molecule has 0 atom stereocenters. The molecule has 3 heterocycles. The van der Waals surface area contributed by atoms with Gasteiger partial charge in [0, 0.05) is 23.5 Å². The molecule has 0 spiro atoms. The highest BCUT2D eigenvalue weighted by atomic mass is 15.2. The van der Waals surface area contributed by atoms with Crippen LogP contribution in [0.1, 0.15) is 51.8 Å². The fraction of sp³-hybridized carbons (Fsp3) is 0.242. The first-order chi connectivity index (χ1) is 18.5. The number of anilines is 3. The maximum Gasteiger partial charge on any atom is 0.160 e. The van der Waals surface area contributed by atoms with Gasteiger partial charge in [-0.1, -0.05) is 43.3 Å². The number of nitriles is 1. The van der Waals surface area contributed by atoms with Crippen LogP contribution < -0.4 is 4.90 Å². The summed E-state index contributed by atoms with van der Waals surface area (Å²) < 4.78 is 2.29. The van der Waals surface area contributed by atoms with E-state index in [0.29, 0.717) is 5.56 Å². The first-order valence-electron chi connectivity index (χ1n) is 13.3. The Balaban J connectivity index is 1.52. The average Bonchev–Trinajstić information content (AvgIpc) is 3.18. The molecule has 0 amide bonds. The van der Waals surface area contributed by atoms with Gasteiger partial charge in [0.1, 0.15) is 17.4 Å². The number of hydrogen-bond donors (Lipinski definition) is 0. The Labute approximate surface area is 224 Å². The van der Waals surface area contributed by atoms with Gasteiger partial charge in [0.2, 0.25) is 0 Å². The number of imidazole rings is 1. The molecule has 0 bridgehead atoms. The second-order valence-electron chi connectivity index (χ2n) is 10.2. The van der Waals surface area contributed by atoms with E-state index in [2.05, 4.69) is 84.8 Å². The molecule has 0 unspecified atom stereocenters. The minimum atomic E-state index is 0.672. The van der Waals surface area contributed by atoms with Crippen molar-refractivity contribution in [2.75, 3.05) is 4.90 Å². The number of rotatable bonds is 4. The van der Waals surface area contributed by atoms with E-state index in [1.54, 1.807) is 0 Å². The molecule has 0 saturated heterocycles. The zero-order valence-corrected chi connectivity index (χ0v) is 22.4. The van der Waals surface area contributed by atoms with Crippen LogP contribution in [0.3, 0.4) is 0 Å². The number of pyridine rings is 1. The van der Waals surface area contributed by atoms with Crippen LogP contribution in [0.4, 0.5) is 17.1 Å². The SMILES string of the molecule is CCc1nc2c(C)cc(C)nc2n1Cc1ccc2c(c1C)CCc1ccccc1N2c1ccccc1C#N. The summed E-state index contributed by atoms with van der Waals surface area (Å²) >= 11 is 0. The third-order valence-corrected chi connectivity index (χ3v) is 7.81. The lowest BCUT2D eigenvalue weighted by Gasteiger charge is -2.29. The third kappa shape index (κ3) is 3.85. The van der Waals surface area contributed by atoms with Crippen molar-refractivity contribution in [3.05, 3.63) is 112 Å². The van der Waals surface area contributed by atoms with E-state index in [4.69, 9.17) is 9.97 Å². The molecule has 5 aromatic rings. The van der Waals surface area contributed by atoms with E-state index in [9.17, 15) is 5.26 Å². The van der Waals surface area contributed by atoms with Crippen LogP contribution in [0, 0.1) is 32.1 Å². The summed E-state index contributed by atoms with van der Waals surface area (Å²) in [4.78, 5) is 12.1. The summed E-state index contributed by atoms with van der Waals surface area (Å²) in [7, 11) is 0. The standard InChI is InChI=1S/C33H31N5/c1-5-31-36-32-21(2)18-22(3)35-33(32)37(31)20-26-15-17-30-27(23(26)4)16-14-24-10-6-8-12-28(24)38(30)29-13-9-7-11-25(29)19-34/h6-13,15,17-18H,5,14,16,20H2,1-4H3. The van der Waals surface area contributed by atoms with Gasteiger partial charge in [-0.05, 0) is 91.8 Å². The predicted octanol–water partition coefficient (Wildman–Crippen LogP) is 7.41. The number of benzene rings is 3. The summed E-state index contributed by atoms with van der Waals surface area (Å²) in [5, 5.41) is 9.94. The van der Waals surface area contributed by atoms with E-state index in [1.165, 1.54) is 27.8 Å². The fourth-order valence-electron chi connectivity index (χ4n) is 5.89. The lowest BCUT2D eigenvalue weighted by molar-refractivity contribution is 0.740. The quantitative estimate of drug-likeness (QED) is 0.259. The molecule has 2 aromatic heterocycles. The molecule has 0 saturated carbocycles. The first kappa shape index (κ1) is 23.9. The molecule has 38 heavy (non-hydrogen) atoms. The Morgan fingerprint density at radius 2 is 1.63 bits per heavy atom. The molecular weight excluding hydrogens is 466 g/mol. The second-order valence-corrected chi connectivity index (χ2v) is 10.2. The van der Waals surface area contributed by atoms with Gasteiger partial charge < -0.3 is 9.47 Å². The normalized spacial score (nSPS) is 12.7. The van der Waals surface area contributed by atoms with Gasteiger partial charge >= 0.3 is 0 Å². The average molecular weight is 498 g/mol. The van der Waals surface area contributed by atoms with Crippen molar-refractivity contribution in [3.63, 3.8) is 0 Å². The minimum absolute atomic E-state index is 0.672. The monoisotopic (exact) mass is 497 g/mol. The molecule has 3 aromatic carbocycles. The zero-order chi connectivity index (χ0) is 26.4. The topological polar surface area (TPSA) is 57.7 Å². The highest BCUT2D eigenvalue weighted by Crippen LogP contribution is 2.44. The van der Waals surface area contributed by atoms with Crippen molar-refractivity contribution in [3.8, 4) is 6.07 Å². The molecule has 6 rings (SSSR count). The van der Waals surface area contributed by atoms with Gasteiger partial charge in [-0.3, -0.25) is 0 Å². The van der Waals surface area contributed by atoms with E-state index in [0.717, 1.165) is 65.6 Å². The number of aromatic nitrogens is 3. The highest BCUT2D eigenvalue weighted by molar-refractivity contribution is 5.84. The number of para-hydroxylation sites is 2. The Morgan fingerprint density at radius 1 is 0.868 bits per heavy atom. The third-order valence-electron chi connectivity index (χ3n) is 7.81. The van der Waals surface area contributed by atoms with Crippen molar-refractivity contribution in [2.45, 2.75) is 53.5 Å². The smallest absolute Gasteiger partial charge is 0.160 e. The highest BCUT2D eigenvalue weighted by Gasteiger charge is 2.26. The molecule has 5 heteroatoms. The van der Waals surface area contributed by atoms with Crippen molar-refractivity contribution in [2.24, 2.45) is 0 Å². The van der Waals surface area contributed by atoms with Crippen LogP contribution in [0.5, 0.6) is 0 Å². The lowest BCUT2D eigenvalue weighted by atomic mass is 9.95. The van der Waals surface area contributed by atoms with E-state index in [-0.39, 0.29) is 0 Å². The van der Waals surface area contributed by atoms with Crippen molar-refractivity contribution >= 4 is 28.2 Å². The van der Waals surface area contributed by atoms with Crippen molar-refractivity contribution in [1.29, 1.82) is 5.26 Å². The molecule has 188 valence electrons. The Morgan fingerprint density at radius 3 is 2.42 bits per heavy atom. The van der Waals surface area contributed by atoms with Crippen LogP contribution in [-0.4, -0.2) is 14.5 Å². The molecule has 5 nitrogen and oxygen atoms in total. The van der Waals surface area contributed by atoms with Crippen molar-refractivity contribution < 1.29 is 0 Å². The van der Waals surface area contributed by atoms with Crippen LogP contribution >= 0.6 is 0 Å². The second kappa shape index (κ2) is 9.46. The number of aryl methyl sites for hydroxylation is 4. The summed E-state index contributed by atoms with van der Waals surface area (Å²) in [5.74, 6) is 1.06. The Hall–Kier alpha value is -4.43. The van der Waals surface area contributed by atoms with Gasteiger partial charge in [-0.25, -0.2) is 9.97 Å². The molecule has 0 fully saturated rings. The summed E-state index contributed by atoms with van der Waals surface area (Å²) in [5.41, 5.74) is 13.2. The number of fused-ring (bicyclic) bond motifs is 3. The summed E-state index contributed by atoms with van der Waals surface area (Å²) in [6.45, 7) is 9.30. The van der Waals surface area contributed by atoms with Gasteiger partial charge in [0.05, 0.1) is 17.8 Å². The predicted molar refractivity (Wildman–Crippen MR) is 153 cm³/mol. The Kier molecular flexibility index (Phi) is 5.96. The van der Waals surface area contributed by atoms with Crippen LogP contribution in [0.2, 0.25) is 0 Å². The maximum absolute atomic E-state index is 9.94. The number of nitrogens with zero attached hydrogens (tertiary/aromatic N) is 5. The van der Waals surface area contributed by atoms with Crippen LogP contribution in [-0.2, 0) is 25.8 Å². The minimum Gasteiger partial charge on any atom is -0.309 e. The molecule has 0 aliphatic carbocycles. The Bertz CT molecular complexity index is 1740. The van der Waals surface area contributed by atoms with Crippen LogP contribution in [0.15, 0.2) is 66.7 Å². The molecule has 0 N–H and O–H groups in total. The van der Waals surface area contributed by atoms with Gasteiger partial charge in [0.15, 0.2) is 5.65 Å². The van der Waals surface area contributed by atoms with E-state index in [1.807, 2.05) is 25.1 Å². The van der Waals surface area contributed by atoms with Crippen molar-refractivity contribution in [1.82, 2.24) is 14.5 Å².